The van der Waals surface area contributed by atoms with Crippen LogP contribution in [-0.2, 0) is 0 Å². The molecule has 0 spiro atoms. The molecule has 0 aliphatic carbocycles. The fourth-order valence-corrected chi connectivity index (χ4v) is 1.87. The quantitative estimate of drug-likeness (QED) is 0.726. The molecule has 1 N–H and O–H groups in total. The first-order valence-electron chi connectivity index (χ1n) is 6.57. The highest BCUT2D eigenvalue weighted by Crippen LogP contribution is 2.24. The van der Waals surface area contributed by atoms with Crippen molar-refractivity contribution in [3.8, 4) is 0 Å². The van der Waals surface area contributed by atoms with Gasteiger partial charge in [0.1, 0.15) is 0 Å². The van der Waals surface area contributed by atoms with Gasteiger partial charge in [-0.1, -0.05) is 20.8 Å². The normalized spacial score (nSPS) is 15.2. The molecule has 0 aromatic carbocycles. The van der Waals surface area contributed by atoms with Crippen LogP contribution >= 0.6 is 0 Å². The van der Waals surface area contributed by atoms with Crippen LogP contribution in [0.4, 0.5) is 13.2 Å². The molecule has 0 bridgehead atoms. The Bertz CT molecular complexity index is 227. The van der Waals surface area contributed by atoms with Crippen LogP contribution in [0.1, 0.15) is 40.5 Å². The first-order chi connectivity index (χ1) is 8.08. The van der Waals surface area contributed by atoms with E-state index in [2.05, 4.69) is 33.0 Å². The van der Waals surface area contributed by atoms with Crippen LogP contribution in [0.25, 0.3) is 0 Å². The van der Waals surface area contributed by atoms with Crippen LogP contribution in [0.15, 0.2) is 0 Å². The maximum Gasteiger partial charge on any atom is 0.390 e. The summed E-state index contributed by atoms with van der Waals surface area (Å²) in [4.78, 5) is 1.76. The molecular formula is C13H27F3N2. The van der Waals surface area contributed by atoms with E-state index >= 15 is 0 Å². The maximum absolute atomic E-state index is 12.1. The highest BCUT2D eigenvalue weighted by atomic mass is 19.4. The average molecular weight is 268 g/mol. The van der Waals surface area contributed by atoms with Crippen molar-refractivity contribution in [2.45, 2.75) is 52.8 Å². The molecule has 0 heterocycles. The second-order valence-corrected chi connectivity index (χ2v) is 5.77. The molecule has 0 aromatic rings. The summed E-state index contributed by atoms with van der Waals surface area (Å²) < 4.78 is 36.4. The monoisotopic (exact) mass is 268 g/mol. The van der Waals surface area contributed by atoms with Crippen molar-refractivity contribution in [3.05, 3.63) is 0 Å². The highest BCUT2D eigenvalue weighted by molar-refractivity contribution is 4.83. The highest BCUT2D eigenvalue weighted by Gasteiger charge is 2.30. The van der Waals surface area contributed by atoms with E-state index in [1.54, 1.807) is 11.9 Å². The van der Waals surface area contributed by atoms with Gasteiger partial charge in [0.2, 0.25) is 0 Å². The van der Waals surface area contributed by atoms with Gasteiger partial charge in [-0.25, -0.2) is 0 Å². The molecule has 18 heavy (non-hydrogen) atoms. The summed E-state index contributed by atoms with van der Waals surface area (Å²) in [5.41, 5.74) is -0.0461. The first kappa shape index (κ1) is 17.7. The Morgan fingerprint density at radius 3 is 2.22 bits per heavy atom. The molecule has 0 aliphatic heterocycles. The predicted octanol–water partition coefficient (Wildman–Crippen LogP) is 3.28. The summed E-state index contributed by atoms with van der Waals surface area (Å²) in [6, 6.07) is 0.283. The van der Waals surface area contributed by atoms with Crippen molar-refractivity contribution in [1.82, 2.24) is 10.2 Å². The van der Waals surface area contributed by atoms with E-state index < -0.39 is 12.6 Å². The summed E-state index contributed by atoms with van der Waals surface area (Å²) in [5.74, 6) is 0. The van der Waals surface area contributed by atoms with Crippen molar-refractivity contribution in [2.75, 3.05) is 26.7 Å². The Hall–Kier alpha value is -0.290. The Morgan fingerprint density at radius 1 is 1.22 bits per heavy atom. The van der Waals surface area contributed by atoms with E-state index in [0.717, 1.165) is 13.0 Å². The van der Waals surface area contributed by atoms with Gasteiger partial charge in [-0.15, -0.1) is 0 Å². The predicted molar refractivity (Wildman–Crippen MR) is 69.7 cm³/mol. The Kier molecular flexibility index (Phi) is 7.22. The van der Waals surface area contributed by atoms with Crippen molar-refractivity contribution in [1.29, 1.82) is 0 Å². The van der Waals surface area contributed by atoms with E-state index in [0.29, 0.717) is 6.54 Å². The van der Waals surface area contributed by atoms with Gasteiger partial charge in [-0.3, -0.25) is 0 Å². The first-order valence-corrected chi connectivity index (χ1v) is 6.57. The minimum atomic E-state index is -4.07. The second kappa shape index (κ2) is 7.34. The number of nitrogens with zero attached hydrogens (tertiary/aromatic N) is 1. The molecular weight excluding hydrogens is 241 g/mol. The van der Waals surface area contributed by atoms with Crippen LogP contribution in [0.2, 0.25) is 0 Å². The van der Waals surface area contributed by atoms with Gasteiger partial charge >= 0.3 is 6.18 Å². The molecule has 0 radical (unpaired) electrons. The Morgan fingerprint density at radius 2 is 1.78 bits per heavy atom. The molecule has 2 nitrogen and oxygen atoms in total. The molecule has 0 saturated carbocycles. The maximum atomic E-state index is 12.1. The third-order valence-corrected chi connectivity index (χ3v) is 3.33. The zero-order chi connectivity index (χ0) is 14.4. The van der Waals surface area contributed by atoms with Crippen LogP contribution in [0.3, 0.4) is 0 Å². The Balaban J connectivity index is 4.13. The van der Waals surface area contributed by atoms with Gasteiger partial charge in [-0.05, 0) is 32.4 Å². The zero-order valence-electron chi connectivity index (χ0n) is 12.2. The molecule has 0 fully saturated rings. The average Bonchev–Trinajstić information content (AvgIpc) is 2.21. The molecule has 0 rings (SSSR count). The fourth-order valence-electron chi connectivity index (χ4n) is 1.87. The third kappa shape index (κ3) is 7.93. The van der Waals surface area contributed by atoms with Gasteiger partial charge in [0.15, 0.2) is 0 Å². The van der Waals surface area contributed by atoms with Crippen LogP contribution in [0.5, 0.6) is 0 Å². The number of alkyl halides is 3. The molecule has 1 atom stereocenters. The van der Waals surface area contributed by atoms with Crippen molar-refractivity contribution in [2.24, 2.45) is 5.41 Å². The number of nitrogens with one attached hydrogen (secondary N) is 1. The van der Waals surface area contributed by atoms with Gasteiger partial charge in [0.05, 0.1) is 6.42 Å². The van der Waals surface area contributed by atoms with E-state index in [-0.39, 0.29) is 18.0 Å². The van der Waals surface area contributed by atoms with Gasteiger partial charge < -0.3 is 10.2 Å². The van der Waals surface area contributed by atoms with E-state index in [1.807, 2.05) is 0 Å². The van der Waals surface area contributed by atoms with E-state index in [4.69, 9.17) is 0 Å². The lowest BCUT2D eigenvalue weighted by Crippen LogP contribution is -2.46. The number of hydrogen-bond acceptors (Lipinski definition) is 2. The summed E-state index contributed by atoms with van der Waals surface area (Å²) in [6.45, 7) is 10.0. The number of halogens is 3. The summed E-state index contributed by atoms with van der Waals surface area (Å²) in [5, 5.41) is 3.40. The second-order valence-electron chi connectivity index (χ2n) is 5.77. The molecule has 110 valence electrons. The summed E-state index contributed by atoms with van der Waals surface area (Å²) in [6.07, 6.45) is -3.74. The lowest BCUT2D eigenvalue weighted by atomic mass is 9.84. The molecule has 0 aliphatic rings. The van der Waals surface area contributed by atoms with Crippen LogP contribution in [-0.4, -0.2) is 43.8 Å². The topological polar surface area (TPSA) is 15.3 Å². The smallest absolute Gasteiger partial charge is 0.314 e. The SMILES string of the molecule is CCCNC(C)C(C)(C)CN(C)CCC(F)(F)F. The van der Waals surface area contributed by atoms with Crippen molar-refractivity contribution in [3.63, 3.8) is 0 Å². The standard InChI is InChI=1S/C13H27F3N2/c1-6-8-17-11(2)12(3,4)10-18(5)9-7-13(14,15)16/h11,17H,6-10H2,1-5H3. The minimum absolute atomic E-state index is 0.0461. The molecule has 0 amide bonds. The largest absolute Gasteiger partial charge is 0.390 e. The number of hydrogen-bond donors (Lipinski definition) is 1. The number of rotatable bonds is 8. The Labute approximate surface area is 109 Å². The third-order valence-electron chi connectivity index (χ3n) is 3.33. The van der Waals surface area contributed by atoms with E-state index in [1.165, 1.54) is 0 Å². The summed E-state index contributed by atoms with van der Waals surface area (Å²) in [7, 11) is 1.75. The summed E-state index contributed by atoms with van der Waals surface area (Å²) >= 11 is 0. The van der Waals surface area contributed by atoms with Gasteiger partial charge in [0, 0.05) is 19.1 Å². The van der Waals surface area contributed by atoms with E-state index in [9.17, 15) is 13.2 Å². The molecule has 0 saturated heterocycles. The van der Waals surface area contributed by atoms with Crippen molar-refractivity contribution < 1.29 is 13.2 Å². The molecule has 1 unspecified atom stereocenters. The minimum Gasteiger partial charge on any atom is -0.314 e. The fraction of sp³-hybridized carbons (Fsp3) is 1.00. The van der Waals surface area contributed by atoms with Gasteiger partial charge in [-0.2, -0.15) is 13.2 Å². The van der Waals surface area contributed by atoms with Crippen molar-refractivity contribution >= 4 is 0 Å². The zero-order valence-corrected chi connectivity index (χ0v) is 12.2. The van der Waals surface area contributed by atoms with Crippen LogP contribution in [0, 0.1) is 5.41 Å². The molecule has 5 heteroatoms. The van der Waals surface area contributed by atoms with Crippen LogP contribution < -0.4 is 5.32 Å². The van der Waals surface area contributed by atoms with Gasteiger partial charge in [0.25, 0.3) is 0 Å². The molecule has 0 aromatic heterocycles. The lowest BCUT2D eigenvalue weighted by molar-refractivity contribution is -0.138. The lowest BCUT2D eigenvalue weighted by Gasteiger charge is -2.36.